The van der Waals surface area contributed by atoms with Gasteiger partial charge in [-0.1, -0.05) is 34.1 Å². The second-order valence-electron chi connectivity index (χ2n) is 5.71. The Bertz CT molecular complexity index is 826. The molecule has 1 aromatic heterocycles. The van der Waals surface area contributed by atoms with Crippen LogP contribution in [0.1, 0.15) is 21.3 Å². The van der Waals surface area contributed by atoms with E-state index in [0.29, 0.717) is 4.47 Å². The fraction of sp³-hybridized carbons (Fsp3) is 0.250. The molecule has 0 bridgehead atoms. The van der Waals surface area contributed by atoms with Crippen molar-refractivity contribution in [2.45, 2.75) is 17.9 Å². The second kappa shape index (κ2) is 6.67. The lowest BCUT2D eigenvalue weighted by molar-refractivity contribution is -0.287. The summed E-state index contributed by atoms with van der Waals surface area (Å²) in [6.07, 6.45) is -5.25. The number of benzene rings is 1. The number of carbonyl (C=O) groups is 2. The third-order valence-corrected chi connectivity index (χ3v) is 5.49. The van der Waals surface area contributed by atoms with Crippen molar-refractivity contribution in [1.29, 1.82) is 0 Å². The molecule has 0 saturated carbocycles. The van der Waals surface area contributed by atoms with Crippen LogP contribution in [0.4, 0.5) is 18.0 Å². The molecule has 0 aliphatic carbocycles. The number of aliphatic hydroxyl groups is 1. The maximum absolute atomic E-state index is 13.7. The van der Waals surface area contributed by atoms with E-state index in [0.717, 1.165) is 11.3 Å². The maximum atomic E-state index is 13.7. The van der Waals surface area contributed by atoms with Gasteiger partial charge < -0.3 is 15.7 Å². The van der Waals surface area contributed by atoms with Crippen LogP contribution < -0.4 is 10.6 Å². The van der Waals surface area contributed by atoms with E-state index >= 15 is 0 Å². The van der Waals surface area contributed by atoms with E-state index in [4.69, 9.17) is 0 Å². The Morgan fingerprint density at radius 2 is 1.88 bits per heavy atom. The third kappa shape index (κ3) is 3.24. The van der Waals surface area contributed by atoms with Crippen molar-refractivity contribution in [2.24, 2.45) is 5.92 Å². The first-order valence-electron chi connectivity index (χ1n) is 7.34. The minimum absolute atomic E-state index is 0.0535. The van der Waals surface area contributed by atoms with E-state index in [1.165, 1.54) is 29.6 Å². The molecule has 3 atom stereocenters. The summed E-state index contributed by atoms with van der Waals surface area (Å²) in [7, 11) is 0. The highest BCUT2D eigenvalue weighted by molar-refractivity contribution is 9.10. The monoisotopic (exact) mass is 448 g/mol. The zero-order valence-electron chi connectivity index (χ0n) is 12.9. The molecule has 26 heavy (non-hydrogen) atoms. The summed E-state index contributed by atoms with van der Waals surface area (Å²) in [6.45, 7) is 0. The quantitative estimate of drug-likeness (QED) is 0.627. The van der Waals surface area contributed by atoms with Gasteiger partial charge in [-0.25, -0.2) is 4.79 Å². The molecule has 1 saturated heterocycles. The number of nitrogens with one attached hydrogen (secondary N) is 2. The first-order chi connectivity index (χ1) is 12.1. The fourth-order valence-electron chi connectivity index (χ4n) is 2.86. The Balaban J connectivity index is 2.14. The van der Waals surface area contributed by atoms with E-state index in [2.05, 4.69) is 21.2 Å². The molecule has 1 aliphatic heterocycles. The van der Waals surface area contributed by atoms with E-state index in [-0.39, 0.29) is 10.4 Å². The summed E-state index contributed by atoms with van der Waals surface area (Å²) in [6, 6.07) is 6.42. The van der Waals surface area contributed by atoms with Gasteiger partial charge in [-0.05, 0) is 29.1 Å². The number of ketones is 1. The first-order valence-corrected chi connectivity index (χ1v) is 9.02. The van der Waals surface area contributed by atoms with Crippen molar-refractivity contribution in [3.8, 4) is 0 Å². The number of halogens is 4. The van der Waals surface area contributed by atoms with Crippen molar-refractivity contribution in [1.82, 2.24) is 10.6 Å². The van der Waals surface area contributed by atoms with Crippen LogP contribution in [0.2, 0.25) is 0 Å². The Morgan fingerprint density at radius 1 is 1.23 bits per heavy atom. The average molecular weight is 449 g/mol. The summed E-state index contributed by atoms with van der Waals surface area (Å²) >= 11 is 4.18. The minimum atomic E-state index is -5.25. The SMILES string of the molecule is O=C1N[C@H](c2ccc(Br)cc2)[C@H](C(=O)c2cccs2)[C@@](O)(C(F)(F)F)N1. The second-order valence-corrected chi connectivity index (χ2v) is 7.57. The highest BCUT2D eigenvalue weighted by Crippen LogP contribution is 2.44. The smallest absolute Gasteiger partial charge is 0.363 e. The normalized spacial score (nSPS) is 26.1. The number of amides is 2. The summed E-state index contributed by atoms with van der Waals surface area (Å²) in [5, 5.41) is 15.7. The van der Waals surface area contributed by atoms with Crippen molar-refractivity contribution < 1.29 is 27.9 Å². The zero-order valence-corrected chi connectivity index (χ0v) is 15.3. The van der Waals surface area contributed by atoms with Gasteiger partial charge in [-0.15, -0.1) is 11.3 Å². The van der Waals surface area contributed by atoms with E-state index in [1.54, 1.807) is 17.5 Å². The van der Waals surface area contributed by atoms with Crippen molar-refractivity contribution in [3.63, 3.8) is 0 Å². The number of hydrogen-bond donors (Lipinski definition) is 3. The van der Waals surface area contributed by atoms with Crippen LogP contribution >= 0.6 is 27.3 Å². The van der Waals surface area contributed by atoms with Gasteiger partial charge in [0.05, 0.1) is 10.9 Å². The number of carbonyl (C=O) groups excluding carboxylic acids is 2. The maximum Gasteiger partial charge on any atom is 0.437 e. The van der Waals surface area contributed by atoms with Gasteiger partial charge in [0.1, 0.15) is 5.92 Å². The molecule has 5 nitrogen and oxygen atoms in total. The zero-order chi connectivity index (χ0) is 19.1. The standard InChI is InChI=1S/C16H12BrF3N2O3S/c17-9-5-3-8(4-6-9)12-11(13(23)10-2-1-7-26-10)15(25,16(18,19)20)22-14(24)21-12/h1-7,11-12,25H,(H2,21,22,24)/t11-,12-,15-/m1/s1. The highest BCUT2D eigenvalue weighted by atomic mass is 79.9. The molecule has 1 fully saturated rings. The molecule has 0 spiro atoms. The molecular weight excluding hydrogens is 437 g/mol. The number of urea groups is 1. The molecule has 2 aromatic rings. The van der Waals surface area contributed by atoms with Gasteiger partial charge in [0.15, 0.2) is 5.78 Å². The molecule has 10 heteroatoms. The van der Waals surface area contributed by atoms with Crippen LogP contribution in [0.3, 0.4) is 0 Å². The summed E-state index contributed by atoms with van der Waals surface area (Å²) in [5.74, 6) is -2.92. The van der Waals surface area contributed by atoms with Crippen molar-refractivity contribution in [2.75, 3.05) is 0 Å². The molecule has 3 rings (SSSR count). The number of hydrogen-bond acceptors (Lipinski definition) is 4. The van der Waals surface area contributed by atoms with Crippen LogP contribution in [-0.4, -0.2) is 28.8 Å². The lowest BCUT2D eigenvalue weighted by Gasteiger charge is -2.44. The van der Waals surface area contributed by atoms with Gasteiger partial charge in [0.25, 0.3) is 0 Å². The Labute approximate surface area is 158 Å². The molecule has 2 heterocycles. The van der Waals surface area contributed by atoms with Crippen LogP contribution in [-0.2, 0) is 0 Å². The minimum Gasteiger partial charge on any atom is -0.363 e. The molecule has 138 valence electrons. The van der Waals surface area contributed by atoms with Crippen LogP contribution in [0.5, 0.6) is 0 Å². The summed E-state index contributed by atoms with van der Waals surface area (Å²) in [5.41, 5.74) is -3.44. The van der Waals surface area contributed by atoms with Gasteiger partial charge in [0, 0.05) is 4.47 Å². The van der Waals surface area contributed by atoms with Gasteiger partial charge >= 0.3 is 12.2 Å². The number of thiophene rings is 1. The van der Waals surface area contributed by atoms with Crippen LogP contribution in [0.15, 0.2) is 46.3 Å². The van der Waals surface area contributed by atoms with Gasteiger partial charge in [0.2, 0.25) is 5.72 Å². The lowest BCUT2D eigenvalue weighted by Crippen LogP contribution is -2.72. The Hall–Kier alpha value is -1.91. The lowest BCUT2D eigenvalue weighted by atomic mass is 9.78. The third-order valence-electron chi connectivity index (χ3n) is 4.08. The topological polar surface area (TPSA) is 78.4 Å². The van der Waals surface area contributed by atoms with Crippen LogP contribution in [0.25, 0.3) is 0 Å². The predicted molar refractivity (Wildman–Crippen MR) is 91.7 cm³/mol. The number of rotatable bonds is 3. The molecule has 0 radical (unpaired) electrons. The molecule has 0 unspecified atom stereocenters. The summed E-state index contributed by atoms with van der Waals surface area (Å²) in [4.78, 5) is 24.7. The summed E-state index contributed by atoms with van der Waals surface area (Å²) < 4.78 is 41.6. The average Bonchev–Trinajstić information content (AvgIpc) is 3.08. The number of Topliss-reactive ketones (excluding diaryl/α,β-unsaturated/α-hetero) is 1. The molecular formula is C16H12BrF3N2O3S. The number of alkyl halides is 3. The molecule has 1 aliphatic rings. The Morgan fingerprint density at radius 3 is 2.42 bits per heavy atom. The van der Waals surface area contributed by atoms with Gasteiger partial charge in [-0.3, -0.25) is 4.79 Å². The van der Waals surface area contributed by atoms with E-state index in [9.17, 15) is 27.9 Å². The van der Waals surface area contributed by atoms with E-state index < -0.39 is 35.7 Å². The van der Waals surface area contributed by atoms with Crippen molar-refractivity contribution >= 4 is 39.1 Å². The first kappa shape index (κ1) is 18.9. The molecule has 2 amide bonds. The molecule has 3 N–H and O–H groups in total. The largest absolute Gasteiger partial charge is 0.437 e. The van der Waals surface area contributed by atoms with E-state index in [1.807, 2.05) is 0 Å². The fourth-order valence-corrected chi connectivity index (χ4v) is 3.83. The highest BCUT2D eigenvalue weighted by Gasteiger charge is 2.66. The predicted octanol–water partition coefficient (Wildman–Crippen LogP) is 3.61. The molecule has 1 aromatic carbocycles. The van der Waals surface area contributed by atoms with Crippen LogP contribution in [0, 0.1) is 5.92 Å². The van der Waals surface area contributed by atoms with Crippen molar-refractivity contribution in [3.05, 3.63) is 56.7 Å². The Kier molecular flexibility index (Phi) is 4.84. The van der Waals surface area contributed by atoms with Gasteiger partial charge in [-0.2, -0.15) is 13.2 Å².